The largest absolute Gasteiger partial charge is 0.496 e. The Hall–Kier alpha value is -2.29. The molecule has 29 heavy (non-hydrogen) atoms. The van der Waals surface area contributed by atoms with Gasteiger partial charge in [0, 0.05) is 35.6 Å². The number of methoxy groups -OCH3 is 1. The van der Waals surface area contributed by atoms with Crippen LogP contribution in [0.3, 0.4) is 0 Å². The number of fused-ring (bicyclic) bond motifs is 1. The first-order valence-corrected chi connectivity index (χ1v) is 10.7. The molecule has 3 heteroatoms. The van der Waals surface area contributed by atoms with Crippen LogP contribution in [0.2, 0.25) is 0 Å². The molecule has 2 aromatic carbocycles. The van der Waals surface area contributed by atoms with Crippen molar-refractivity contribution in [3.8, 4) is 5.75 Å². The lowest BCUT2D eigenvalue weighted by Gasteiger charge is -2.47. The standard InChI is InChI=1S/C26H36N2O/c1-9-28-23-15-24(29-8)19(14-22(23)18(2)16-26(28,6)7)17-27-21-12-10-20(11-13-21)25(3,4)5/h10-15,17-18H,9,16H2,1-8H3. The predicted octanol–water partition coefficient (Wildman–Crippen LogP) is 6.86. The highest BCUT2D eigenvalue weighted by Crippen LogP contribution is 2.45. The summed E-state index contributed by atoms with van der Waals surface area (Å²) in [4.78, 5) is 7.23. The van der Waals surface area contributed by atoms with Crippen molar-refractivity contribution in [2.24, 2.45) is 4.99 Å². The van der Waals surface area contributed by atoms with E-state index in [-0.39, 0.29) is 11.0 Å². The minimum Gasteiger partial charge on any atom is -0.496 e. The Kier molecular flexibility index (Phi) is 5.80. The maximum atomic E-state index is 5.74. The highest BCUT2D eigenvalue weighted by molar-refractivity contribution is 5.87. The van der Waals surface area contributed by atoms with E-state index >= 15 is 0 Å². The summed E-state index contributed by atoms with van der Waals surface area (Å²) in [6, 6.07) is 13.0. The van der Waals surface area contributed by atoms with Gasteiger partial charge in [-0.05, 0) is 67.9 Å². The summed E-state index contributed by atoms with van der Waals surface area (Å²) in [5.41, 5.74) is 6.29. The van der Waals surface area contributed by atoms with Crippen LogP contribution in [0.1, 0.15) is 77.5 Å². The van der Waals surface area contributed by atoms with Crippen LogP contribution >= 0.6 is 0 Å². The first-order chi connectivity index (χ1) is 13.6. The van der Waals surface area contributed by atoms with Gasteiger partial charge in [0.2, 0.25) is 0 Å². The van der Waals surface area contributed by atoms with E-state index in [1.165, 1.54) is 16.8 Å². The second-order valence-corrected chi connectivity index (χ2v) is 9.87. The monoisotopic (exact) mass is 392 g/mol. The zero-order chi connectivity index (χ0) is 21.4. The van der Waals surface area contributed by atoms with E-state index < -0.39 is 0 Å². The molecule has 2 aromatic rings. The van der Waals surface area contributed by atoms with Crippen molar-refractivity contribution in [2.75, 3.05) is 18.6 Å². The fourth-order valence-corrected chi connectivity index (χ4v) is 4.60. The molecule has 0 bridgehead atoms. The van der Waals surface area contributed by atoms with E-state index in [1.54, 1.807) is 7.11 Å². The van der Waals surface area contributed by atoms with Crippen molar-refractivity contribution in [3.63, 3.8) is 0 Å². The van der Waals surface area contributed by atoms with Gasteiger partial charge in [-0.2, -0.15) is 0 Å². The molecule has 0 aliphatic carbocycles. The number of ether oxygens (including phenoxy) is 1. The zero-order valence-electron chi connectivity index (χ0n) is 19.3. The van der Waals surface area contributed by atoms with E-state index in [0.29, 0.717) is 5.92 Å². The molecule has 0 saturated carbocycles. The number of aliphatic imine (C=N–C) groups is 1. The number of benzene rings is 2. The third-order valence-electron chi connectivity index (χ3n) is 6.14. The van der Waals surface area contributed by atoms with Crippen molar-refractivity contribution in [2.45, 2.75) is 71.8 Å². The van der Waals surface area contributed by atoms with Gasteiger partial charge in [0.05, 0.1) is 12.8 Å². The molecule has 0 N–H and O–H groups in total. The number of rotatable bonds is 4. The molecule has 0 amide bonds. The lowest BCUT2D eigenvalue weighted by molar-refractivity contribution is 0.377. The van der Waals surface area contributed by atoms with Gasteiger partial charge < -0.3 is 9.64 Å². The Morgan fingerprint density at radius 3 is 2.38 bits per heavy atom. The van der Waals surface area contributed by atoms with Crippen LogP contribution in [-0.4, -0.2) is 25.4 Å². The summed E-state index contributed by atoms with van der Waals surface area (Å²) in [5, 5.41) is 0. The molecular formula is C26H36N2O. The molecule has 0 aromatic heterocycles. The SMILES string of the molecule is CCN1c2cc(OC)c(C=Nc3ccc(C(C)(C)C)cc3)cc2C(C)CC1(C)C. The average molecular weight is 393 g/mol. The lowest BCUT2D eigenvalue weighted by Crippen LogP contribution is -2.48. The molecule has 1 heterocycles. The quantitative estimate of drug-likeness (QED) is 0.531. The molecule has 1 aliphatic heterocycles. The van der Waals surface area contributed by atoms with Crippen LogP contribution < -0.4 is 9.64 Å². The van der Waals surface area contributed by atoms with Crippen molar-refractivity contribution >= 4 is 17.6 Å². The second kappa shape index (κ2) is 7.85. The number of anilines is 1. The van der Waals surface area contributed by atoms with Crippen molar-refractivity contribution in [3.05, 3.63) is 53.1 Å². The predicted molar refractivity (Wildman–Crippen MR) is 126 cm³/mol. The lowest BCUT2D eigenvalue weighted by atomic mass is 9.79. The normalized spacial score (nSPS) is 18.8. The third-order valence-corrected chi connectivity index (χ3v) is 6.14. The van der Waals surface area contributed by atoms with Crippen molar-refractivity contribution in [1.82, 2.24) is 0 Å². The topological polar surface area (TPSA) is 24.8 Å². The smallest absolute Gasteiger partial charge is 0.129 e. The van der Waals surface area contributed by atoms with E-state index in [1.807, 2.05) is 6.21 Å². The number of hydrogen-bond acceptors (Lipinski definition) is 3. The molecule has 1 atom stereocenters. The van der Waals surface area contributed by atoms with E-state index in [0.717, 1.165) is 30.0 Å². The minimum atomic E-state index is 0.149. The summed E-state index contributed by atoms with van der Waals surface area (Å²) in [6.07, 6.45) is 3.08. The zero-order valence-corrected chi connectivity index (χ0v) is 19.3. The Morgan fingerprint density at radius 1 is 1.17 bits per heavy atom. The summed E-state index contributed by atoms with van der Waals surface area (Å²) < 4.78 is 5.74. The van der Waals surface area contributed by atoms with Crippen LogP contribution in [0.25, 0.3) is 0 Å². The van der Waals surface area contributed by atoms with Gasteiger partial charge in [-0.1, -0.05) is 39.8 Å². The van der Waals surface area contributed by atoms with Crippen LogP contribution in [0.5, 0.6) is 5.75 Å². The molecule has 0 radical (unpaired) electrons. The maximum absolute atomic E-state index is 5.74. The van der Waals surface area contributed by atoms with Gasteiger partial charge in [-0.3, -0.25) is 4.99 Å². The van der Waals surface area contributed by atoms with E-state index in [2.05, 4.69) is 89.8 Å². The first kappa shape index (κ1) is 21.4. The van der Waals surface area contributed by atoms with Crippen LogP contribution in [0.15, 0.2) is 41.4 Å². The Bertz CT molecular complexity index is 888. The van der Waals surface area contributed by atoms with E-state index in [9.17, 15) is 0 Å². The number of nitrogens with zero attached hydrogens (tertiary/aromatic N) is 2. The third kappa shape index (κ3) is 4.34. The summed E-state index contributed by atoms with van der Waals surface area (Å²) in [5.74, 6) is 1.38. The highest BCUT2D eigenvalue weighted by atomic mass is 16.5. The molecule has 0 spiro atoms. The van der Waals surface area contributed by atoms with Crippen LogP contribution in [0.4, 0.5) is 11.4 Å². The van der Waals surface area contributed by atoms with Gasteiger partial charge in [-0.15, -0.1) is 0 Å². The molecule has 3 nitrogen and oxygen atoms in total. The summed E-state index contributed by atoms with van der Waals surface area (Å²) >= 11 is 0. The Labute approximate surface area is 176 Å². The molecule has 3 rings (SSSR count). The van der Waals surface area contributed by atoms with Gasteiger partial charge in [0.25, 0.3) is 0 Å². The summed E-state index contributed by atoms with van der Waals surface area (Å²) in [7, 11) is 1.74. The number of hydrogen-bond donors (Lipinski definition) is 0. The summed E-state index contributed by atoms with van der Waals surface area (Å²) in [6.45, 7) is 16.9. The Morgan fingerprint density at radius 2 is 1.83 bits per heavy atom. The highest BCUT2D eigenvalue weighted by Gasteiger charge is 2.36. The fraction of sp³-hybridized carbons (Fsp3) is 0.500. The molecular weight excluding hydrogens is 356 g/mol. The van der Waals surface area contributed by atoms with Crippen LogP contribution in [-0.2, 0) is 5.41 Å². The van der Waals surface area contributed by atoms with Gasteiger partial charge in [0.15, 0.2) is 0 Å². The average Bonchev–Trinajstić information content (AvgIpc) is 2.65. The van der Waals surface area contributed by atoms with Gasteiger partial charge >= 0.3 is 0 Å². The molecule has 0 saturated heterocycles. The maximum Gasteiger partial charge on any atom is 0.129 e. The van der Waals surface area contributed by atoms with Gasteiger partial charge in [0.1, 0.15) is 5.75 Å². The molecule has 1 unspecified atom stereocenters. The van der Waals surface area contributed by atoms with E-state index in [4.69, 9.17) is 9.73 Å². The van der Waals surface area contributed by atoms with Crippen LogP contribution in [0, 0.1) is 0 Å². The van der Waals surface area contributed by atoms with Crippen molar-refractivity contribution in [1.29, 1.82) is 0 Å². The molecule has 1 aliphatic rings. The molecule has 0 fully saturated rings. The first-order valence-electron chi connectivity index (χ1n) is 10.7. The second-order valence-electron chi connectivity index (χ2n) is 9.87. The minimum absolute atomic E-state index is 0.149. The van der Waals surface area contributed by atoms with Gasteiger partial charge in [-0.25, -0.2) is 0 Å². The molecule has 156 valence electrons. The fourth-order valence-electron chi connectivity index (χ4n) is 4.60. The van der Waals surface area contributed by atoms with Crippen molar-refractivity contribution < 1.29 is 4.74 Å². The Balaban J connectivity index is 1.97.